The average molecular weight is 476 g/mol. The molecule has 3 heterocycles. The van der Waals surface area contributed by atoms with E-state index in [-0.39, 0.29) is 23.3 Å². The first-order chi connectivity index (χ1) is 15.3. The van der Waals surface area contributed by atoms with Crippen molar-refractivity contribution < 1.29 is 22.7 Å². The number of hydrogen-bond acceptors (Lipinski definition) is 7. The van der Waals surface area contributed by atoms with Crippen molar-refractivity contribution in [1.82, 2.24) is 4.90 Å². The number of sulfonamides is 1. The fourth-order valence-corrected chi connectivity index (χ4v) is 6.17. The molecule has 10 heteroatoms. The fraction of sp³-hybridized carbons (Fsp3) is 0.409. The Labute approximate surface area is 191 Å². The molecule has 32 heavy (non-hydrogen) atoms. The maximum absolute atomic E-state index is 12.9. The highest BCUT2D eigenvalue weighted by atomic mass is 32.2. The number of piperidine rings is 1. The number of esters is 1. The number of nitrogens with one attached hydrogen (secondary N) is 1. The van der Waals surface area contributed by atoms with Gasteiger partial charge in [-0.1, -0.05) is 19.1 Å². The number of fused-ring (bicyclic) bond motifs is 1. The summed E-state index contributed by atoms with van der Waals surface area (Å²) in [5, 5.41) is 3.44. The Morgan fingerprint density at radius 3 is 2.62 bits per heavy atom. The number of amides is 1. The molecular formula is C22H25N3O5S2. The summed E-state index contributed by atoms with van der Waals surface area (Å²) >= 11 is 1.39. The van der Waals surface area contributed by atoms with Crippen LogP contribution in [0.25, 0.3) is 0 Å². The predicted molar refractivity (Wildman–Crippen MR) is 123 cm³/mol. The summed E-state index contributed by atoms with van der Waals surface area (Å²) < 4.78 is 33.7. The smallest absolute Gasteiger partial charge is 0.341 e. The Bertz CT molecular complexity index is 1180. The Morgan fingerprint density at radius 2 is 1.94 bits per heavy atom. The summed E-state index contributed by atoms with van der Waals surface area (Å²) in [5.74, 6) is -0.356. The summed E-state index contributed by atoms with van der Waals surface area (Å²) in [5.41, 5.74) is 1.00. The van der Waals surface area contributed by atoms with E-state index in [4.69, 9.17) is 4.74 Å². The number of carbonyl (C=O) groups is 2. The molecule has 1 saturated heterocycles. The number of amidine groups is 1. The van der Waals surface area contributed by atoms with E-state index in [9.17, 15) is 18.0 Å². The molecule has 0 saturated carbocycles. The predicted octanol–water partition coefficient (Wildman–Crippen LogP) is 3.29. The van der Waals surface area contributed by atoms with Gasteiger partial charge in [0.1, 0.15) is 9.90 Å². The van der Waals surface area contributed by atoms with Crippen LogP contribution in [-0.4, -0.2) is 50.7 Å². The minimum atomic E-state index is -3.67. The highest BCUT2D eigenvalue weighted by molar-refractivity contribution is 7.90. The monoisotopic (exact) mass is 475 g/mol. The molecule has 2 aliphatic heterocycles. The summed E-state index contributed by atoms with van der Waals surface area (Å²) in [6, 6.07) is 8.58. The maximum atomic E-state index is 12.9. The Kier molecular flexibility index (Phi) is 6.34. The van der Waals surface area contributed by atoms with Crippen LogP contribution >= 0.6 is 11.3 Å². The topological polar surface area (TPSA) is 105 Å². The van der Waals surface area contributed by atoms with Crippen molar-refractivity contribution in [3.63, 3.8) is 0 Å². The molecule has 1 aromatic carbocycles. The van der Waals surface area contributed by atoms with Gasteiger partial charge in [-0.15, -0.1) is 15.7 Å². The highest BCUT2D eigenvalue weighted by Gasteiger charge is 2.34. The molecule has 1 aromatic heterocycles. The van der Waals surface area contributed by atoms with Gasteiger partial charge in [-0.25, -0.2) is 4.79 Å². The molecule has 1 N–H and O–H groups in total. The van der Waals surface area contributed by atoms with Crippen LogP contribution < -0.4 is 5.32 Å². The van der Waals surface area contributed by atoms with Crippen LogP contribution in [0.5, 0.6) is 0 Å². The van der Waals surface area contributed by atoms with Crippen LogP contribution in [0.3, 0.4) is 0 Å². The SMILES string of the molecule is CCOC(=O)c1cc(CC)sc1NC(=O)C1CCN(C2=NS(=O)(=O)c3ccccc32)CC1. The lowest BCUT2D eigenvalue weighted by Crippen LogP contribution is -2.41. The van der Waals surface area contributed by atoms with E-state index < -0.39 is 16.0 Å². The second kappa shape index (κ2) is 9.03. The number of rotatable bonds is 5. The normalized spacial score (nSPS) is 17.6. The molecule has 170 valence electrons. The zero-order valence-corrected chi connectivity index (χ0v) is 19.6. The standard InChI is InChI=1S/C22H25N3O5S2/c1-3-15-13-17(22(27)30-4-2)21(31-15)23-20(26)14-9-11-25(12-10-14)19-16-7-5-6-8-18(16)32(28,29)24-19/h5-8,13-14H,3-4,9-12H2,1-2H3,(H,23,26). The van der Waals surface area contributed by atoms with Crippen LogP contribution in [0.1, 0.15) is 47.5 Å². The van der Waals surface area contributed by atoms with Crippen LogP contribution in [0, 0.1) is 5.92 Å². The molecule has 2 aliphatic rings. The van der Waals surface area contributed by atoms with Gasteiger partial charge in [0, 0.05) is 29.4 Å². The van der Waals surface area contributed by atoms with Gasteiger partial charge in [-0.3, -0.25) is 4.79 Å². The molecule has 8 nitrogen and oxygen atoms in total. The first kappa shape index (κ1) is 22.5. The van der Waals surface area contributed by atoms with Gasteiger partial charge in [0.25, 0.3) is 10.0 Å². The third-order valence-electron chi connectivity index (χ3n) is 5.64. The third-order valence-corrected chi connectivity index (χ3v) is 8.16. The van der Waals surface area contributed by atoms with E-state index in [1.54, 1.807) is 37.3 Å². The number of likely N-dealkylation sites (tertiary alicyclic amines) is 1. The largest absolute Gasteiger partial charge is 0.462 e. The number of carbonyl (C=O) groups excluding carboxylic acids is 2. The molecule has 4 rings (SSSR count). The minimum absolute atomic E-state index is 0.138. The summed E-state index contributed by atoms with van der Waals surface area (Å²) in [4.78, 5) is 28.3. The van der Waals surface area contributed by atoms with E-state index in [1.807, 2.05) is 11.8 Å². The van der Waals surface area contributed by atoms with Gasteiger partial charge in [0.15, 0.2) is 5.84 Å². The highest BCUT2D eigenvalue weighted by Crippen LogP contribution is 2.32. The number of benzene rings is 1. The Balaban J connectivity index is 1.43. The van der Waals surface area contributed by atoms with Gasteiger partial charge in [0.2, 0.25) is 5.91 Å². The zero-order chi connectivity index (χ0) is 22.9. The number of thiophene rings is 1. The molecule has 2 aromatic rings. The van der Waals surface area contributed by atoms with Crippen molar-refractivity contribution >= 4 is 44.1 Å². The fourth-order valence-electron chi connectivity index (χ4n) is 3.95. The molecule has 1 fully saturated rings. The van der Waals surface area contributed by atoms with Gasteiger partial charge >= 0.3 is 5.97 Å². The molecule has 0 radical (unpaired) electrons. The second-order valence-electron chi connectivity index (χ2n) is 7.67. The average Bonchev–Trinajstić information content (AvgIpc) is 3.32. The number of nitrogens with zero attached hydrogens (tertiary/aromatic N) is 2. The summed E-state index contributed by atoms with van der Waals surface area (Å²) in [7, 11) is -3.67. The van der Waals surface area contributed by atoms with Gasteiger partial charge < -0.3 is 15.0 Å². The quantitative estimate of drug-likeness (QED) is 0.666. The third kappa shape index (κ3) is 4.29. The van der Waals surface area contributed by atoms with Crippen molar-refractivity contribution in [2.75, 3.05) is 25.0 Å². The van der Waals surface area contributed by atoms with Gasteiger partial charge in [-0.2, -0.15) is 8.42 Å². The second-order valence-corrected chi connectivity index (χ2v) is 10.4. The molecule has 0 unspecified atom stereocenters. The van der Waals surface area contributed by atoms with Gasteiger partial charge in [-0.05, 0) is 44.4 Å². The maximum Gasteiger partial charge on any atom is 0.341 e. The van der Waals surface area contributed by atoms with Crippen LogP contribution in [0.4, 0.5) is 5.00 Å². The summed E-state index contributed by atoms with van der Waals surface area (Å²) in [6.45, 7) is 5.05. The van der Waals surface area contributed by atoms with Crippen molar-refractivity contribution in [1.29, 1.82) is 0 Å². The van der Waals surface area contributed by atoms with Crippen molar-refractivity contribution in [2.24, 2.45) is 10.3 Å². The van der Waals surface area contributed by atoms with E-state index in [2.05, 4.69) is 9.71 Å². The van der Waals surface area contributed by atoms with Crippen molar-refractivity contribution in [3.05, 3.63) is 46.3 Å². The first-order valence-corrected chi connectivity index (χ1v) is 12.9. The van der Waals surface area contributed by atoms with E-state index >= 15 is 0 Å². The summed E-state index contributed by atoms with van der Waals surface area (Å²) in [6.07, 6.45) is 1.89. The molecule has 0 aliphatic carbocycles. The van der Waals surface area contributed by atoms with Gasteiger partial charge in [0.05, 0.1) is 12.2 Å². The van der Waals surface area contributed by atoms with E-state index in [0.717, 1.165) is 11.3 Å². The van der Waals surface area contributed by atoms with E-state index in [1.165, 1.54) is 11.3 Å². The van der Waals surface area contributed by atoms with Crippen LogP contribution in [0.2, 0.25) is 0 Å². The van der Waals surface area contributed by atoms with E-state index in [0.29, 0.717) is 47.9 Å². The molecule has 0 spiro atoms. The lowest BCUT2D eigenvalue weighted by molar-refractivity contribution is -0.120. The van der Waals surface area contributed by atoms with Crippen molar-refractivity contribution in [2.45, 2.75) is 38.0 Å². The van der Waals surface area contributed by atoms with Crippen LogP contribution in [0.15, 0.2) is 39.6 Å². The van der Waals surface area contributed by atoms with Crippen molar-refractivity contribution in [3.8, 4) is 0 Å². The Morgan fingerprint density at radius 1 is 1.22 bits per heavy atom. The number of aryl methyl sites for hydroxylation is 1. The number of hydrogen-bond donors (Lipinski definition) is 1. The molecular weight excluding hydrogens is 450 g/mol. The Hall–Kier alpha value is -2.72. The number of ether oxygens (including phenoxy) is 1. The first-order valence-electron chi connectivity index (χ1n) is 10.6. The molecule has 1 amide bonds. The lowest BCUT2D eigenvalue weighted by atomic mass is 9.95. The molecule has 0 bridgehead atoms. The minimum Gasteiger partial charge on any atom is -0.462 e. The lowest BCUT2D eigenvalue weighted by Gasteiger charge is -2.32. The zero-order valence-electron chi connectivity index (χ0n) is 18.0. The van der Waals surface area contributed by atoms with Crippen LogP contribution in [-0.2, 0) is 26.0 Å². The molecule has 0 atom stereocenters. The number of anilines is 1.